The van der Waals surface area contributed by atoms with Crippen LogP contribution in [0, 0.1) is 5.82 Å². The molecule has 1 aliphatic rings. The molecular weight excluding hydrogens is 474 g/mol. The van der Waals surface area contributed by atoms with Crippen molar-refractivity contribution in [2.75, 3.05) is 31.1 Å². The van der Waals surface area contributed by atoms with E-state index in [0.717, 1.165) is 10.7 Å². The molecule has 168 valence electrons. The van der Waals surface area contributed by atoms with E-state index in [0.29, 0.717) is 41.8 Å². The number of carbonyl (C=O) groups is 1. The third-order valence-corrected chi connectivity index (χ3v) is 5.78. The molecule has 4 rings (SSSR count). The van der Waals surface area contributed by atoms with E-state index in [1.54, 1.807) is 17.0 Å². The van der Waals surface area contributed by atoms with E-state index < -0.39 is 11.9 Å². The summed E-state index contributed by atoms with van der Waals surface area (Å²) in [6.07, 6.45) is -1.29. The van der Waals surface area contributed by atoms with Gasteiger partial charge in [-0.15, -0.1) is 0 Å². The monoisotopic (exact) mass is 494 g/mol. The fourth-order valence-electron chi connectivity index (χ4n) is 3.28. The highest BCUT2D eigenvalue weighted by Crippen LogP contribution is 2.29. The van der Waals surface area contributed by atoms with Gasteiger partial charge >= 0.3 is 0 Å². The lowest BCUT2D eigenvalue weighted by Crippen LogP contribution is -2.50. The number of aliphatic hydroxyl groups excluding tert-OH is 1. The van der Waals surface area contributed by atoms with Crippen molar-refractivity contribution in [1.29, 1.82) is 0 Å². The Morgan fingerprint density at radius 1 is 0.844 bits per heavy atom. The maximum absolute atomic E-state index is 13.0. The van der Waals surface area contributed by atoms with Crippen molar-refractivity contribution >= 4 is 46.4 Å². The highest BCUT2D eigenvalue weighted by Gasteiger charge is 2.27. The Kier molecular flexibility index (Phi) is 8.76. The maximum atomic E-state index is 13.0. The van der Waals surface area contributed by atoms with E-state index in [2.05, 4.69) is 4.90 Å². The van der Waals surface area contributed by atoms with Crippen molar-refractivity contribution < 1.29 is 14.3 Å². The molecule has 1 unspecified atom stereocenters. The number of carbonyl (C=O) groups excluding carboxylic acids is 1. The van der Waals surface area contributed by atoms with E-state index in [9.17, 15) is 14.3 Å². The van der Waals surface area contributed by atoms with Crippen molar-refractivity contribution in [1.82, 2.24) is 4.90 Å². The van der Waals surface area contributed by atoms with Gasteiger partial charge in [0, 0.05) is 36.2 Å². The molecule has 0 aliphatic carbocycles. The normalized spacial score (nSPS) is 14.4. The lowest BCUT2D eigenvalue weighted by Gasteiger charge is -2.37. The van der Waals surface area contributed by atoms with Crippen LogP contribution in [-0.4, -0.2) is 42.1 Å². The van der Waals surface area contributed by atoms with Crippen LogP contribution in [-0.2, 0) is 4.79 Å². The van der Waals surface area contributed by atoms with Gasteiger partial charge in [-0.25, -0.2) is 4.39 Å². The number of hydrogen-bond acceptors (Lipinski definition) is 3. The van der Waals surface area contributed by atoms with Crippen LogP contribution in [0.25, 0.3) is 0 Å². The molecule has 1 atom stereocenters. The fourth-order valence-corrected chi connectivity index (χ4v) is 3.95. The van der Waals surface area contributed by atoms with E-state index in [1.165, 1.54) is 24.3 Å². The summed E-state index contributed by atoms with van der Waals surface area (Å²) < 4.78 is 13.0. The van der Waals surface area contributed by atoms with Crippen LogP contribution in [0.2, 0.25) is 15.1 Å². The molecule has 1 saturated heterocycles. The topological polar surface area (TPSA) is 43.8 Å². The average molecular weight is 496 g/mol. The summed E-state index contributed by atoms with van der Waals surface area (Å²) in [5.41, 5.74) is 1.26. The van der Waals surface area contributed by atoms with Crippen LogP contribution in [0.3, 0.4) is 0 Å². The molecule has 0 saturated carbocycles. The van der Waals surface area contributed by atoms with Gasteiger partial charge in [0.25, 0.3) is 5.91 Å². The summed E-state index contributed by atoms with van der Waals surface area (Å²) in [6.45, 7) is 2.14. The van der Waals surface area contributed by atoms with Gasteiger partial charge in [0.1, 0.15) is 5.82 Å². The predicted octanol–water partition coefficient (Wildman–Crippen LogP) is 5.85. The van der Waals surface area contributed by atoms with Crippen LogP contribution in [0.5, 0.6) is 0 Å². The second-order valence-electron chi connectivity index (χ2n) is 7.16. The van der Waals surface area contributed by atoms with Crippen molar-refractivity contribution in [2.45, 2.75) is 6.10 Å². The van der Waals surface area contributed by atoms with Crippen LogP contribution in [0.15, 0.2) is 72.8 Å². The number of amides is 1. The van der Waals surface area contributed by atoms with E-state index in [1.807, 2.05) is 36.4 Å². The van der Waals surface area contributed by atoms with Crippen LogP contribution < -0.4 is 4.90 Å². The SMILES string of the molecule is Clc1ccccc1.O=C(C(O)c1ccc(F)cc1)N1CCN(c2ccc(Cl)cc2Cl)CC1. The molecule has 0 bridgehead atoms. The number of halogens is 4. The van der Waals surface area contributed by atoms with E-state index >= 15 is 0 Å². The molecule has 8 heteroatoms. The van der Waals surface area contributed by atoms with Crippen LogP contribution in [0.4, 0.5) is 10.1 Å². The molecule has 1 amide bonds. The lowest BCUT2D eigenvalue weighted by molar-refractivity contribution is -0.140. The molecule has 1 N–H and O–H groups in total. The Hall–Kier alpha value is -2.31. The van der Waals surface area contributed by atoms with E-state index in [4.69, 9.17) is 34.8 Å². The third-order valence-electron chi connectivity index (χ3n) is 4.99. The van der Waals surface area contributed by atoms with Gasteiger partial charge in [-0.1, -0.05) is 65.1 Å². The van der Waals surface area contributed by atoms with Gasteiger partial charge in [-0.3, -0.25) is 4.79 Å². The average Bonchev–Trinajstić information content (AvgIpc) is 2.80. The van der Waals surface area contributed by atoms with Gasteiger partial charge in [0.15, 0.2) is 6.10 Å². The zero-order valence-corrected chi connectivity index (χ0v) is 19.4. The number of aliphatic hydroxyl groups is 1. The second-order valence-corrected chi connectivity index (χ2v) is 8.44. The number of benzene rings is 3. The molecule has 32 heavy (non-hydrogen) atoms. The predicted molar refractivity (Wildman–Crippen MR) is 128 cm³/mol. The van der Waals surface area contributed by atoms with Crippen LogP contribution in [0.1, 0.15) is 11.7 Å². The first-order valence-corrected chi connectivity index (χ1v) is 11.1. The first kappa shape index (κ1) is 24.3. The Balaban J connectivity index is 0.000000352. The summed E-state index contributed by atoms with van der Waals surface area (Å²) in [7, 11) is 0. The number of piperazine rings is 1. The molecule has 1 aliphatic heterocycles. The summed E-state index contributed by atoms with van der Waals surface area (Å²) in [4.78, 5) is 16.1. The van der Waals surface area contributed by atoms with Crippen molar-refractivity contribution in [2.24, 2.45) is 0 Å². The molecule has 0 spiro atoms. The molecular formula is C24H22Cl3FN2O2. The quantitative estimate of drug-likeness (QED) is 0.495. The van der Waals surface area contributed by atoms with Crippen molar-refractivity contribution in [3.05, 3.63) is 99.2 Å². The largest absolute Gasteiger partial charge is 0.378 e. The molecule has 1 heterocycles. The Bertz CT molecular complexity index is 1030. The fraction of sp³-hybridized carbons (Fsp3) is 0.208. The minimum atomic E-state index is -1.29. The maximum Gasteiger partial charge on any atom is 0.256 e. The highest BCUT2D eigenvalue weighted by atomic mass is 35.5. The van der Waals surface area contributed by atoms with E-state index in [-0.39, 0.29) is 5.91 Å². The number of anilines is 1. The van der Waals surface area contributed by atoms with Crippen LogP contribution >= 0.6 is 34.8 Å². The Morgan fingerprint density at radius 3 is 2.00 bits per heavy atom. The minimum Gasteiger partial charge on any atom is -0.378 e. The van der Waals surface area contributed by atoms with Crippen molar-refractivity contribution in [3.63, 3.8) is 0 Å². The van der Waals surface area contributed by atoms with Gasteiger partial charge in [-0.2, -0.15) is 0 Å². The highest BCUT2D eigenvalue weighted by molar-refractivity contribution is 6.36. The Morgan fingerprint density at radius 2 is 1.47 bits per heavy atom. The first-order chi connectivity index (χ1) is 15.3. The van der Waals surface area contributed by atoms with Gasteiger partial charge < -0.3 is 14.9 Å². The van der Waals surface area contributed by atoms with Gasteiger partial charge in [-0.05, 0) is 48.0 Å². The summed E-state index contributed by atoms with van der Waals surface area (Å²) >= 11 is 17.7. The molecule has 0 aromatic heterocycles. The number of nitrogens with zero attached hydrogens (tertiary/aromatic N) is 2. The summed E-state index contributed by atoms with van der Waals surface area (Å²) in [5, 5.41) is 12.2. The second kappa shape index (κ2) is 11.5. The minimum absolute atomic E-state index is 0.381. The number of rotatable bonds is 3. The first-order valence-electron chi connectivity index (χ1n) is 9.98. The number of hydrogen-bond donors (Lipinski definition) is 1. The Labute approximate surface area is 201 Å². The molecule has 3 aromatic rings. The molecule has 0 radical (unpaired) electrons. The zero-order valence-electron chi connectivity index (χ0n) is 17.1. The van der Waals surface area contributed by atoms with Gasteiger partial charge in [0.2, 0.25) is 0 Å². The molecule has 1 fully saturated rings. The third kappa shape index (κ3) is 6.59. The molecule has 3 aromatic carbocycles. The summed E-state index contributed by atoms with van der Waals surface area (Å²) in [6, 6.07) is 20.1. The lowest BCUT2D eigenvalue weighted by atomic mass is 10.1. The molecule has 4 nitrogen and oxygen atoms in total. The summed E-state index contributed by atoms with van der Waals surface area (Å²) in [5.74, 6) is -0.787. The standard InChI is InChI=1S/C18H17Cl2FN2O2.C6H5Cl/c19-13-3-6-16(15(20)11-13)22-7-9-23(10-8-22)18(25)17(24)12-1-4-14(21)5-2-12;7-6-4-2-1-3-5-6/h1-6,11,17,24H,7-10H2;1-5H. The van der Waals surface area contributed by atoms with Gasteiger partial charge in [0.05, 0.1) is 10.7 Å². The zero-order chi connectivity index (χ0) is 23.1. The van der Waals surface area contributed by atoms with Crippen molar-refractivity contribution in [3.8, 4) is 0 Å². The smallest absolute Gasteiger partial charge is 0.256 e.